The van der Waals surface area contributed by atoms with E-state index in [9.17, 15) is 4.79 Å². The molecule has 0 radical (unpaired) electrons. The summed E-state index contributed by atoms with van der Waals surface area (Å²) >= 11 is 0. The van der Waals surface area contributed by atoms with E-state index in [1.807, 2.05) is 36.1 Å². The molecule has 1 aliphatic carbocycles. The molecule has 1 heterocycles. The van der Waals surface area contributed by atoms with E-state index in [1.165, 1.54) is 0 Å². The largest absolute Gasteiger partial charge is 0.497 e. The van der Waals surface area contributed by atoms with Gasteiger partial charge in [-0.25, -0.2) is 0 Å². The van der Waals surface area contributed by atoms with Crippen LogP contribution >= 0.6 is 0 Å². The standard InChI is InChI=1S/C16H22N2O3/c1-11(10-20-2)18-14(17-16(7-8-16)15(18)19)12-5-4-6-13(9-12)21-3/h4-6,9,11,14,17H,7-8,10H2,1-3H3. The Labute approximate surface area is 125 Å². The summed E-state index contributed by atoms with van der Waals surface area (Å²) in [4.78, 5) is 14.6. The van der Waals surface area contributed by atoms with E-state index in [0.717, 1.165) is 24.2 Å². The summed E-state index contributed by atoms with van der Waals surface area (Å²) in [6.07, 6.45) is 1.73. The summed E-state index contributed by atoms with van der Waals surface area (Å²) in [6.45, 7) is 2.56. The molecular weight excluding hydrogens is 268 g/mol. The van der Waals surface area contributed by atoms with Crippen LogP contribution < -0.4 is 10.1 Å². The number of benzene rings is 1. The third-order valence-corrected chi connectivity index (χ3v) is 4.38. The Morgan fingerprint density at radius 1 is 1.43 bits per heavy atom. The highest BCUT2D eigenvalue weighted by molar-refractivity contribution is 5.92. The summed E-state index contributed by atoms with van der Waals surface area (Å²) in [6, 6.07) is 7.92. The van der Waals surface area contributed by atoms with Crippen LogP contribution in [0.3, 0.4) is 0 Å². The van der Waals surface area contributed by atoms with Gasteiger partial charge in [0.05, 0.1) is 19.8 Å². The van der Waals surface area contributed by atoms with E-state index in [4.69, 9.17) is 9.47 Å². The van der Waals surface area contributed by atoms with Crippen molar-refractivity contribution in [3.05, 3.63) is 29.8 Å². The minimum absolute atomic E-state index is 0.0335. The number of carbonyl (C=O) groups is 1. The number of carbonyl (C=O) groups excluding carboxylic acids is 1. The smallest absolute Gasteiger partial charge is 0.244 e. The van der Waals surface area contributed by atoms with Crippen molar-refractivity contribution in [3.8, 4) is 5.75 Å². The maximum atomic E-state index is 12.7. The zero-order valence-corrected chi connectivity index (χ0v) is 12.8. The highest BCUT2D eigenvalue weighted by atomic mass is 16.5. The van der Waals surface area contributed by atoms with Crippen LogP contribution in [0.4, 0.5) is 0 Å². The number of rotatable bonds is 5. The Morgan fingerprint density at radius 2 is 2.19 bits per heavy atom. The number of hydrogen-bond acceptors (Lipinski definition) is 4. The van der Waals surface area contributed by atoms with E-state index < -0.39 is 0 Å². The molecule has 1 spiro atoms. The van der Waals surface area contributed by atoms with Crippen LogP contribution in [-0.4, -0.2) is 43.2 Å². The maximum absolute atomic E-state index is 12.7. The van der Waals surface area contributed by atoms with E-state index in [1.54, 1.807) is 14.2 Å². The van der Waals surface area contributed by atoms with Crippen molar-refractivity contribution in [1.82, 2.24) is 10.2 Å². The minimum Gasteiger partial charge on any atom is -0.497 e. The predicted molar refractivity (Wildman–Crippen MR) is 79.0 cm³/mol. The van der Waals surface area contributed by atoms with Gasteiger partial charge in [-0.2, -0.15) is 0 Å². The third-order valence-electron chi connectivity index (χ3n) is 4.38. The van der Waals surface area contributed by atoms with Crippen molar-refractivity contribution in [2.45, 2.75) is 37.5 Å². The SMILES string of the molecule is COCC(C)N1C(=O)C2(CC2)NC1c1cccc(OC)c1. The van der Waals surface area contributed by atoms with Crippen LogP contribution in [0.1, 0.15) is 31.5 Å². The second kappa shape index (κ2) is 5.31. The maximum Gasteiger partial charge on any atom is 0.244 e. The molecular formula is C16H22N2O3. The third kappa shape index (κ3) is 2.40. The number of ether oxygens (including phenoxy) is 2. The number of amides is 1. The van der Waals surface area contributed by atoms with Crippen LogP contribution in [0.2, 0.25) is 0 Å². The van der Waals surface area contributed by atoms with Gasteiger partial charge in [-0.05, 0) is 37.5 Å². The quantitative estimate of drug-likeness (QED) is 0.896. The fraction of sp³-hybridized carbons (Fsp3) is 0.562. The monoisotopic (exact) mass is 290 g/mol. The van der Waals surface area contributed by atoms with Gasteiger partial charge >= 0.3 is 0 Å². The zero-order chi connectivity index (χ0) is 15.0. The van der Waals surface area contributed by atoms with Gasteiger partial charge in [0.15, 0.2) is 0 Å². The molecule has 1 aliphatic heterocycles. The highest BCUT2D eigenvalue weighted by Crippen LogP contribution is 2.46. The normalized spacial score (nSPS) is 24.4. The van der Waals surface area contributed by atoms with Crippen molar-refractivity contribution < 1.29 is 14.3 Å². The molecule has 3 rings (SSSR count). The first-order valence-electron chi connectivity index (χ1n) is 7.34. The molecule has 21 heavy (non-hydrogen) atoms. The molecule has 5 nitrogen and oxygen atoms in total. The van der Waals surface area contributed by atoms with Gasteiger partial charge in [-0.1, -0.05) is 12.1 Å². The fourth-order valence-corrected chi connectivity index (χ4v) is 3.07. The molecule has 0 aromatic heterocycles. The Kier molecular flexibility index (Phi) is 3.63. The molecule has 1 saturated heterocycles. The van der Waals surface area contributed by atoms with Crippen molar-refractivity contribution in [2.24, 2.45) is 0 Å². The molecule has 1 amide bonds. The molecule has 1 saturated carbocycles. The molecule has 0 bridgehead atoms. The Hall–Kier alpha value is -1.59. The predicted octanol–water partition coefficient (Wildman–Crippen LogP) is 1.69. The number of methoxy groups -OCH3 is 2. The topological polar surface area (TPSA) is 50.8 Å². The lowest BCUT2D eigenvalue weighted by Crippen LogP contribution is -2.41. The van der Waals surface area contributed by atoms with Crippen LogP contribution in [0.25, 0.3) is 0 Å². The van der Waals surface area contributed by atoms with E-state index in [-0.39, 0.29) is 23.7 Å². The van der Waals surface area contributed by atoms with Gasteiger partial charge < -0.3 is 14.4 Å². The first kappa shape index (κ1) is 14.4. The molecule has 2 aliphatic rings. The molecule has 114 valence electrons. The average molecular weight is 290 g/mol. The Balaban J connectivity index is 1.92. The van der Waals surface area contributed by atoms with Crippen LogP contribution in [0.15, 0.2) is 24.3 Å². The first-order valence-corrected chi connectivity index (χ1v) is 7.34. The molecule has 1 aromatic carbocycles. The second-order valence-corrected chi connectivity index (χ2v) is 5.92. The van der Waals surface area contributed by atoms with Crippen LogP contribution in [-0.2, 0) is 9.53 Å². The van der Waals surface area contributed by atoms with Gasteiger partial charge in [-0.15, -0.1) is 0 Å². The van der Waals surface area contributed by atoms with Crippen molar-refractivity contribution in [1.29, 1.82) is 0 Å². The first-order chi connectivity index (χ1) is 10.1. The van der Waals surface area contributed by atoms with Crippen molar-refractivity contribution in [3.63, 3.8) is 0 Å². The molecule has 5 heteroatoms. The minimum atomic E-state index is -0.338. The molecule has 1 aromatic rings. The van der Waals surface area contributed by atoms with Crippen molar-refractivity contribution in [2.75, 3.05) is 20.8 Å². The molecule has 2 fully saturated rings. The lowest BCUT2D eigenvalue weighted by Gasteiger charge is -2.30. The number of hydrogen-bond donors (Lipinski definition) is 1. The summed E-state index contributed by atoms with van der Waals surface area (Å²) in [7, 11) is 3.32. The van der Waals surface area contributed by atoms with Gasteiger partial charge in [-0.3, -0.25) is 10.1 Å². The molecule has 2 atom stereocenters. The van der Waals surface area contributed by atoms with Gasteiger partial charge in [0.1, 0.15) is 17.5 Å². The summed E-state index contributed by atoms with van der Waals surface area (Å²) < 4.78 is 10.5. The molecule has 1 N–H and O–H groups in total. The number of nitrogens with zero attached hydrogens (tertiary/aromatic N) is 1. The van der Waals surface area contributed by atoms with E-state index >= 15 is 0 Å². The highest BCUT2D eigenvalue weighted by Gasteiger charge is 2.60. The van der Waals surface area contributed by atoms with Gasteiger partial charge in [0.25, 0.3) is 0 Å². The van der Waals surface area contributed by atoms with Crippen LogP contribution in [0.5, 0.6) is 5.75 Å². The summed E-state index contributed by atoms with van der Waals surface area (Å²) in [5, 5.41) is 3.51. The van der Waals surface area contributed by atoms with Gasteiger partial charge in [0, 0.05) is 7.11 Å². The van der Waals surface area contributed by atoms with Crippen molar-refractivity contribution >= 4 is 5.91 Å². The second-order valence-electron chi connectivity index (χ2n) is 5.92. The zero-order valence-electron chi connectivity index (χ0n) is 12.8. The Bertz CT molecular complexity index is 542. The molecule has 2 unspecified atom stereocenters. The average Bonchev–Trinajstić information content (AvgIpc) is 3.21. The summed E-state index contributed by atoms with van der Waals surface area (Å²) in [5.41, 5.74) is 0.713. The fourth-order valence-electron chi connectivity index (χ4n) is 3.07. The summed E-state index contributed by atoms with van der Waals surface area (Å²) in [5.74, 6) is 0.998. The Morgan fingerprint density at radius 3 is 2.81 bits per heavy atom. The number of nitrogens with one attached hydrogen (secondary N) is 1. The van der Waals surface area contributed by atoms with Crippen LogP contribution in [0, 0.1) is 0 Å². The lowest BCUT2D eigenvalue weighted by molar-refractivity contribution is -0.133. The lowest BCUT2D eigenvalue weighted by atomic mass is 10.1. The van der Waals surface area contributed by atoms with E-state index in [0.29, 0.717) is 6.61 Å². The van der Waals surface area contributed by atoms with Gasteiger partial charge in [0.2, 0.25) is 5.91 Å². The van der Waals surface area contributed by atoms with E-state index in [2.05, 4.69) is 5.32 Å².